The molecule has 1 atom stereocenters. The summed E-state index contributed by atoms with van der Waals surface area (Å²) in [6.07, 6.45) is 0. The van der Waals surface area contributed by atoms with Gasteiger partial charge in [0.15, 0.2) is 0 Å². The second kappa shape index (κ2) is 7.02. The van der Waals surface area contributed by atoms with Gasteiger partial charge in [-0.25, -0.2) is 0 Å². The molecule has 0 aliphatic rings. The molecule has 0 amide bonds. The van der Waals surface area contributed by atoms with Crippen LogP contribution < -0.4 is 5.32 Å². The van der Waals surface area contributed by atoms with Crippen LogP contribution >= 0.6 is 0 Å². The molecule has 0 aromatic carbocycles. The average Bonchev–Trinajstić information content (AvgIpc) is 2.11. The Labute approximate surface area is 71.7 Å². The number of aliphatic hydroxyl groups is 1. The molecule has 0 aromatic heterocycles. The van der Waals surface area contributed by atoms with Gasteiger partial charge >= 0.3 is 5.97 Å². The molecule has 0 heterocycles. The van der Waals surface area contributed by atoms with Crippen LogP contribution in [0.25, 0.3) is 0 Å². The lowest BCUT2D eigenvalue weighted by atomic mass is 10.3. The van der Waals surface area contributed by atoms with Crippen LogP contribution in [0.1, 0.15) is 0 Å². The van der Waals surface area contributed by atoms with E-state index in [9.17, 15) is 4.79 Å². The van der Waals surface area contributed by atoms with Gasteiger partial charge in [-0.15, -0.1) is 0 Å². The Bertz CT molecular complexity index is 129. The van der Waals surface area contributed by atoms with Crippen molar-refractivity contribution < 1.29 is 19.4 Å². The van der Waals surface area contributed by atoms with Crippen LogP contribution in [0.2, 0.25) is 0 Å². The summed E-state index contributed by atoms with van der Waals surface area (Å²) in [5.41, 5.74) is 0. The average molecular weight is 177 g/mol. The zero-order chi connectivity index (χ0) is 9.40. The molecule has 0 bridgehead atoms. The Hall–Kier alpha value is -0.650. The normalized spacial score (nSPS) is 12.6. The number of carbonyl (C=O) groups is 1. The lowest BCUT2D eigenvalue weighted by molar-refractivity contribution is -0.144. The van der Waals surface area contributed by atoms with Crippen molar-refractivity contribution in [2.75, 3.05) is 34.0 Å². The number of aliphatic hydroxyl groups excluding tert-OH is 1. The Balaban J connectivity index is 3.60. The first-order chi connectivity index (χ1) is 5.76. The van der Waals surface area contributed by atoms with Gasteiger partial charge in [-0.05, 0) is 0 Å². The topological polar surface area (TPSA) is 67.8 Å². The van der Waals surface area contributed by atoms with Crippen LogP contribution in [0.3, 0.4) is 0 Å². The van der Waals surface area contributed by atoms with E-state index in [1.165, 1.54) is 7.11 Å². The second-order valence-electron chi connectivity index (χ2n) is 2.21. The molecular weight excluding hydrogens is 162 g/mol. The minimum Gasteiger partial charge on any atom is -0.468 e. The number of ether oxygens (including phenoxy) is 2. The van der Waals surface area contributed by atoms with Crippen molar-refractivity contribution >= 4 is 5.97 Å². The molecule has 0 aliphatic heterocycles. The highest BCUT2D eigenvalue weighted by atomic mass is 16.5. The highest BCUT2D eigenvalue weighted by Gasteiger charge is 2.16. The fraction of sp³-hybridized carbons (Fsp3) is 0.857. The summed E-state index contributed by atoms with van der Waals surface area (Å²) in [5, 5.41) is 11.5. The van der Waals surface area contributed by atoms with Gasteiger partial charge in [0.25, 0.3) is 0 Å². The third-order valence-electron chi connectivity index (χ3n) is 1.37. The molecule has 0 saturated carbocycles. The molecule has 0 aliphatic carbocycles. The van der Waals surface area contributed by atoms with Gasteiger partial charge < -0.3 is 19.9 Å². The molecule has 12 heavy (non-hydrogen) atoms. The van der Waals surface area contributed by atoms with Crippen LogP contribution in [-0.4, -0.2) is 51.1 Å². The number of esters is 1. The van der Waals surface area contributed by atoms with Gasteiger partial charge in [-0.1, -0.05) is 0 Å². The van der Waals surface area contributed by atoms with E-state index in [4.69, 9.17) is 9.84 Å². The number of rotatable bonds is 6. The lowest BCUT2D eigenvalue weighted by Crippen LogP contribution is -2.42. The summed E-state index contributed by atoms with van der Waals surface area (Å²) >= 11 is 0. The summed E-state index contributed by atoms with van der Waals surface area (Å²) in [7, 11) is 2.84. The van der Waals surface area contributed by atoms with Gasteiger partial charge in [0, 0.05) is 13.7 Å². The van der Waals surface area contributed by atoms with Crippen molar-refractivity contribution in [3.05, 3.63) is 0 Å². The summed E-state index contributed by atoms with van der Waals surface area (Å²) in [6.45, 7) is 0.737. The zero-order valence-corrected chi connectivity index (χ0v) is 7.37. The molecule has 72 valence electrons. The zero-order valence-electron chi connectivity index (χ0n) is 7.37. The Kier molecular flexibility index (Phi) is 6.64. The van der Waals surface area contributed by atoms with Crippen molar-refractivity contribution in [1.29, 1.82) is 0 Å². The van der Waals surface area contributed by atoms with Crippen molar-refractivity contribution in [2.24, 2.45) is 0 Å². The van der Waals surface area contributed by atoms with E-state index in [-0.39, 0.29) is 6.61 Å². The van der Waals surface area contributed by atoms with Gasteiger partial charge in [0.2, 0.25) is 0 Å². The standard InChI is InChI=1S/C7H15NO4/c1-11-4-3-8-6(5-9)7(10)12-2/h6,8-9H,3-5H2,1-2H3. The maximum Gasteiger partial charge on any atom is 0.325 e. The van der Waals surface area contributed by atoms with Crippen molar-refractivity contribution in [1.82, 2.24) is 5.32 Å². The minimum atomic E-state index is -0.648. The van der Waals surface area contributed by atoms with E-state index in [1.807, 2.05) is 0 Å². The quantitative estimate of drug-likeness (QED) is 0.392. The summed E-state index contributed by atoms with van der Waals surface area (Å²) in [6, 6.07) is -0.648. The minimum absolute atomic E-state index is 0.267. The molecule has 0 saturated heterocycles. The van der Waals surface area contributed by atoms with Crippen molar-refractivity contribution in [2.45, 2.75) is 6.04 Å². The predicted octanol–water partition coefficient (Wildman–Crippen LogP) is -1.24. The monoisotopic (exact) mass is 177 g/mol. The summed E-state index contributed by atoms with van der Waals surface area (Å²) < 4.78 is 9.19. The SMILES string of the molecule is COCCNC(CO)C(=O)OC. The van der Waals surface area contributed by atoms with E-state index in [0.717, 1.165) is 0 Å². The molecular formula is C7H15NO4. The Morgan fingerprint density at radius 3 is 2.67 bits per heavy atom. The maximum atomic E-state index is 10.9. The highest BCUT2D eigenvalue weighted by Crippen LogP contribution is 1.85. The first kappa shape index (κ1) is 11.4. The van der Waals surface area contributed by atoms with E-state index in [0.29, 0.717) is 13.2 Å². The number of nitrogens with one attached hydrogen (secondary N) is 1. The smallest absolute Gasteiger partial charge is 0.325 e. The Morgan fingerprint density at radius 2 is 2.25 bits per heavy atom. The summed E-state index contributed by atoms with van der Waals surface area (Å²) in [5.74, 6) is -0.464. The van der Waals surface area contributed by atoms with E-state index in [1.54, 1.807) is 7.11 Å². The molecule has 0 rings (SSSR count). The van der Waals surface area contributed by atoms with E-state index >= 15 is 0 Å². The molecule has 5 nitrogen and oxygen atoms in total. The maximum absolute atomic E-state index is 10.9. The van der Waals surface area contributed by atoms with Crippen LogP contribution in [0, 0.1) is 0 Å². The van der Waals surface area contributed by atoms with E-state index < -0.39 is 12.0 Å². The van der Waals surface area contributed by atoms with Crippen LogP contribution in [0.4, 0.5) is 0 Å². The van der Waals surface area contributed by atoms with Gasteiger partial charge in [-0.3, -0.25) is 4.79 Å². The number of carbonyl (C=O) groups excluding carboxylic acids is 1. The highest BCUT2D eigenvalue weighted by molar-refractivity contribution is 5.75. The largest absolute Gasteiger partial charge is 0.468 e. The van der Waals surface area contributed by atoms with Gasteiger partial charge in [0.05, 0.1) is 20.3 Å². The Morgan fingerprint density at radius 1 is 1.58 bits per heavy atom. The molecule has 0 spiro atoms. The fourth-order valence-electron chi connectivity index (χ4n) is 0.700. The van der Waals surface area contributed by atoms with Crippen LogP contribution in [-0.2, 0) is 14.3 Å². The molecule has 1 unspecified atom stereocenters. The summed E-state index contributed by atoms with van der Waals surface area (Å²) in [4.78, 5) is 10.9. The fourth-order valence-corrected chi connectivity index (χ4v) is 0.700. The van der Waals surface area contributed by atoms with E-state index in [2.05, 4.69) is 10.1 Å². The molecule has 0 fully saturated rings. The third-order valence-corrected chi connectivity index (χ3v) is 1.37. The molecule has 0 radical (unpaired) electrons. The van der Waals surface area contributed by atoms with Gasteiger partial charge in [0.1, 0.15) is 6.04 Å². The first-order valence-electron chi connectivity index (χ1n) is 3.67. The lowest BCUT2D eigenvalue weighted by Gasteiger charge is -2.12. The predicted molar refractivity (Wildman–Crippen MR) is 42.8 cm³/mol. The van der Waals surface area contributed by atoms with Crippen molar-refractivity contribution in [3.63, 3.8) is 0 Å². The second-order valence-corrected chi connectivity index (χ2v) is 2.21. The van der Waals surface area contributed by atoms with Gasteiger partial charge in [-0.2, -0.15) is 0 Å². The van der Waals surface area contributed by atoms with Crippen LogP contribution in [0.5, 0.6) is 0 Å². The van der Waals surface area contributed by atoms with Crippen molar-refractivity contribution in [3.8, 4) is 0 Å². The molecule has 5 heteroatoms. The molecule has 0 aromatic rings. The first-order valence-corrected chi connectivity index (χ1v) is 3.67. The number of methoxy groups -OCH3 is 2. The number of hydrogen-bond acceptors (Lipinski definition) is 5. The third kappa shape index (κ3) is 4.27. The van der Waals surface area contributed by atoms with Crippen LogP contribution in [0.15, 0.2) is 0 Å². The molecule has 2 N–H and O–H groups in total. The number of hydrogen-bond donors (Lipinski definition) is 2.